The molecule has 1 saturated heterocycles. The van der Waals surface area contributed by atoms with Crippen LogP contribution in [0.25, 0.3) is 0 Å². The van der Waals surface area contributed by atoms with Crippen LogP contribution in [0, 0.1) is 16.7 Å². The third-order valence-corrected chi connectivity index (χ3v) is 3.51. The first-order valence-electron chi connectivity index (χ1n) is 6.28. The van der Waals surface area contributed by atoms with Gasteiger partial charge < -0.3 is 4.90 Å². The zero-order chi connectivity index (χ0) is 12.2. The van der Waals surface area contributed by atoms with Crippen molar-refractivity contribution < 1.29 is 0 Å². The highest BCUT2D eigenvalue weighted by molar-refractivity contribution is 4.92. The molecule has 0 amide bonds. The second-order valence-electron chi connectivity index (χ2n) is 5.75. The smallest absolute Gasteiger partial charge is 0.0684 e. The van der Waals surface area contributed by atoms with E-state index in [0.29, 0.717) is 6.04 Å². The van der Waals surface area contributed by atoms with Crippen LogP contribution in [0.3, 0.4) is 0 Å². The van der Waals surface area contributed by atoms with Crippen molar-refractivity contribution in [2.24, 2.45) is 5.41 Å². The molecule has 1 atom stereocenters. The second kappa shape index (κ2) is 5.65. The molecule has 0 aromatic rings. The Labute approximate surface area is 100 Å². The summed E-state index contributed by atoms with van der Waals surface area (Å²) >= 11 is 0. The Hall–Kier alpha value is -0.590. The zero-order valence-electron chi connectivity index (χ0n) is 11.2. The zero-order valence-corrected chi connectivity index (χ0v) is 11.2. The highest BCUT2D eigenvalue weighted by atomic mass is 15.2. The van der Waals surface area contributed by atoms with Crippen LogP contribution < -0.4 is 0 Å². The SMILES string of the molecule is CC1CN(C)CCCN1CCC(C)(C)C#N. The van der Waals surface area contributed by atoms with Crippen LogP contribution >= 0.6 is 0 Å². The van der Waals surface area contributed by atoms with E-state index in [1.807, 2.05) is 13.8 Å². The molecule has 0 bridgehead atoms. The van der Waals surface area contributed by atoms with E-state index in [-0.39, 0.29) is 5.41 Å². The lowest BCUT2D eigenvalue weighted by atomic mass is 9.91. The number of rotatable bonds is 3. The fraction of sp³-hybridized carbons (Fsp3) is 0.923. The van der Waals surface area contributed by atoms with Crippen LogP contribution in [0.1, 0.15) is 33.6 Å². The molecule has 1 fully saturated rings. The minimum Gasteiger partial charge on any atom is -0.305 e. The maximum atomic E-state index is 9.01. The number of nitriles is 1. The highest BCUT2D eigenvalue weighted by Gasteiger charge is 2.23. The quantitative estimate of drug-likeness (QED) is 0.732. The first-order valence-corrected chi connectivity index (χ1v) is 6.28. The van der Waals surface area contributed by atoms with Crippen molar-refractivity contribution in [1.29, 1.82) is 5.26 Å². The molecular formula is C13H25N3. The predicted octanol–water partition coefficient (Wildman–Crippen LogP) is 1.95. The normalized spacial score (nSPS) is 25.1. The van der Waals surface area contributed by atoms with Gasteiger partial charge in [-0.05, 0) is 60.3 Å². The van der Waals surface area contributed by atoms with Gasteiger partial charge in [-0.25, -0.2) is 0 Å². The Morgan fingerprint density at radius 1 is 1.38 bits per heavy atom. The van der Waals surface area contributed by atoms with Gasteiger partial charge in [-0.2, -0.15) is 5.26 Å². The molecule has 1 heterocycles. The van der Waals surface area contributed by atoms with Gasteiger partial charge in [0.2, 0.25) is 0 Å². The largest absolute Gasteiger partial charge is 0.305 e. The molecule has 0 spiro atoms. The van der Waals surface area contributed by atoms with E-state index in [4.69, 9.17) is 5.26 Å². The van der Waals surface area contributed by atoms with Crippen molar-refractivity contribution in [3.63, 3.8) is 0 Å². The third-order valence-electron chi connectivity index (χ3n) is 3.51. The summed E-state index contributed by atoms with van der Waals surface area (Å²) in [5.74, 6) is 0. The Balaban J connectivity index is 2.44. The van der Waals surface area contributed by atoms with Gasteiger partial charge in [0.25, 0.3) is 0 Å². The van der Waals surface area contributed by atoms with Crippen molar-refractivity contribution in [2.45, 2.75) is 39.7 Å². The minimum absolute atomic E-state index is 0.183. The van der Waals surface area contributed by atoms with E-state index in [0.717, 1.165) is 19.5 Å². The summed E-state index contributed by atoms with van der Waals surface area (Å²) in [6.07, 6.45) is 2.21. The molecule has 0 radical (unpaired) electrons. The number of hydrogen-bond donors (Lipinski definition) is 0. The summed E-state index contributed by atoms with van der Waals surface area (Å²) in [4.78, 5) is 4.93. The average molecular weight is 223 g/mol. The standard InChI is InChI=1S/C13H25N3/c1-12-10-15(4)7-5-8-16(12)9-6-13(2,3)11-14/h12H,5-10H2,1-4H3. The van der Waals surface area contributed by atoms with Gasteiger partial charge in [0.15, 0.2) is 0 Å². The maximum Gasteiger partial charge on any atom is 0.0684 e. The van der Waals surface area contributed by atoms with Crippen molar-refractivity contribution in [2.75, 3.05) is 33.2 Å². The molecule has 1 aliphatic heterocycles. The van der Waals surface area contributed by atoms with Crippen molar-refractivity contribution in [3.05, 3.63) is 0 Å². The molecule has 3 heteroatoms. The van der Waals surface area contributed by atoms with Crippen LogP contribution in [0.5, 0.6) is 0 Å². The lowest BCUT2D eigenvalue weighted by Crippen LogP contribution is -2.39. The third kappa shape index (κ3) is 4.11. The average Bonchev–Trinajstić information content (AvgIpc) is 2.37. The monoisotopic (exact) mass is 223 g/mol. The van der Waals surface area contributed by atoms with Crippen LogP contribution in [-0.4, -0.2) is 49.1 Å². The topological polar surface area (TPSA) is 30.3 Å². The molecule has 0 saturated carbocycles. The molecule has 3 nitrogen and oxygen atoms in total. The minimum atomic E-state index is -0.183. The molecule has 0 N–H and O–H groups in total. The van der Waals surface area contributed by atoms with Gasteiger partial charge in [-0.3, -0.25) is 4.90 Å². The first kappa shape index (κ1) is 13.5. The van der Waals surface area contributed by atoms with Gasteiger partial charge in [0.1, 0.15) is 0 Å². The predicted molar refractivity (Wildman–Crippen MR) is 67.2 cm³/mol. The fourth-order valence-corrected chi connectivity index (χ4v) is 2.23. The Bertz CT molecular complexity index is 254. The van der Waals surface area contributed by atoms with Gasteiger partial charge in [-0.1, -0.05) is 0 Å². The molecule has 1 rings (SSSR count). The van der Waals surface area contributed by atoms with Crippen molar-refractivity contribution in [3.8, 4) is 6.07 Å². The van der Waals surface area contributed by atoms with Crippen molar-refractivity contribution in [1.82, 2.24) is 9.80 Å². The number of hydrogen-bond acceptors (Lipinski definition) is 3. The summed E-state index contributed by atoms with van der Waals surface area (Å²) in [6, 6.07) is 3.00. The van der Waals surface area contributed by atoms with Gasteiger partial charge in [-0.15, -0.1) is 0 Å². The lowest BCUT2D eigenvalue weighted by Gasteiger charge is -2.29. The van der Waals surface area contributed by atoms with Gasteiger partial charge >= 0.3 is 0 Å². The van der Waals surface area contributed by atoms with Crippen molar-refractivity contribution >= 4 is 0 Å². The summed E-state index contributed by atoms with van der Waals surface area (Å²) in [6.45, 7) is 10.9. The number of nitrogens with zero attached hydrogens (tertiary/aromatic N) is 3. The second-order valence-corrected chi connectivity index (χ2v) is 5.75. The molecule has 16 heavy (non-hydrogen) atoms. The van der Waals surface area contributed by atoms with E-state index in [2.05, 4.69) is 29.8 Å². The maximum absolute atomic E-state index is 9.01. The first-order chi connectivity index (χ1) is 7.44. The van der Waals surface area contributed by atoms with Crippen LogP contribution in [0.4, 0.5) is 0 Å². The van der Waals surface area contributed by atoms with Crippen LogP contribution in [-0.2, 0) is 0 Å². The number of likely N-dealkylation sites (N-methyl/N-ethyl adjacent to an activating group) is 1. The Morgan fingerprint density at radius 2 is 2.06 bits per heavy atom. The molecule has 1 unspecified atom stereocenters. The molecule has 1 aliphatic rings. The van der Waals surface area contributed by atoms with E-state index < -0.39 is 0 Å². The van der Waals surface area contributed by atoms with Gasteiger partial charge in [0, 0.05) is 12.6 Å². The fourth-order valence-electron chi connectivity index (χ4n) is 2.23. The Kier molecular flexibility index (Phi) is 4.76. The van der Waals surface area contributed by atoms with E-state index in [9.17, 15) is 0 Å². The molecule has 92 valence electrons. The summed E-state index contributed by atoms with van der Waals surface area (Å²) in [5, 5.41) is 9.01. The summed E-state index contributed by atoms with van der Waals surface area (Å²) in [7, 11) is 2.19. The van der Waals surface area contributed by atoms with E-state index in [1.54, 1.807) is 0 Å². The molecule has 0 aromatic heterocycles. The van der Waals surface area contributed by atoms with Gasteiger partial charge in [0.05, 0.1) is 11.5 Å². The molecular weight excluding hydrogens is 198 g/mol. The Morgan fingerprint density at radius 3 is 2.69 bits per heavy atom. The van der Waals surface area contributed by atoms with E-state index >= 15 is 0 Å². The lowest BCUT2D eigenvalue weighted by molar-refractivity contribution is 0.184. The highest BCUT2D eigenvalue weighted by Crippen LogP contribution is 2.20. The molecule has 0 aromatic carbocycles. The van der Waals surface area contributed by atoms with Crippen LogP contribution in [0.15, 0.2) is 0 Å². The van der Waals surface area contributed by atoms with Crippen LogP contribution in [0.2, 0.25) is 0 Å². The summed E-state index contributed by atoms with van der Waals surface area (Å²) in [5.41, 5.74) is -0.183. The summed E-state index contributed by atoms with van der Waals surface area (Å²) < 4.78 is 0. The molecule has 0 aliphatic carbocycles. The van der Waals surface area contributed by atoms with E-state index in [1.165, 1.54) is 19.5 Å².